The number of nitrogens with one attached hydrogen (secondary N) is 1. The fourth-order valence-electron chi connectivity index (χ4n) is 6.40. The van der Waals surface area contributed by atoms with E-state index in [0.29, 0.717) is 12.8 Å². The minimum Gasteiger partial charge on any atom is -0.480 e. The van der Waals surface area contributed by atoms with Crippen LogP contribution in [0.4, 0.5) is 0 Å². The summed E-state index contributed by atoms with van der Waals surface area (Å²) in [5, 5.41) is 11.1. The van der Waals surface area contributed by atoms with E-state index >= 15 is 0 Å². The zero-order valence-corrected chi connectivity index (χ0v) is 34.6. The number of carboxylic acids is 1. The van der Waals surface area contributed by atoms with Gasteiger partial charge in [-0.2, -0.15) is 0 Å². The molecule has 6 nitrogen and oxygen atoms in total. The third kappa shape index (κ3) is 42.0. The number of carboxylic acid groups (broad SMARTS) is 1. The molecule has 0 rings (SSSR count). The molecule has 0 aromatic rings. The summed E-state index contributed by atoms with van der Waals surface area (Å²) >= 11 is 0. The van der Waals surface area contributed by atoms with E-state index in [9.17, 15) is 14.4 Å². The van der Waals surface area contributed by atoms with Gasteiger partial charge in [0.25, 0.3) is 0 Å². The van der Waals surface area contributed by atoms with E-state index in [4.69, 9.17) is 9.84 Å². The highest BCUT2D eigenvalue weighted by Crippen LogP contribution is 2.18. The number of ether oxygens (including phenoxy) is 1. The number of hydrogen-bond donors (Lipinski definition) is 2. The van der Waals surface area contributed by atoms with Crippen LogP contribution in [0, 0.1) is 0 Å². The van der Waals surface area contributed by atoms with Crippen molar-refractivity contribution in [3.8, 4) is 0 Å². The Balaban J connectivity index is 4.22. The normalized spacial score (nSPS) is 12.5. The molecular weight excluding hydrogens is 659 g/mol. The van der Waals surface area contributed by atoms with Crippen LogP contribution >= 0.6 is 0 Å². The highest BCUT2D eigenvalue weighted by atomic mass is 16.5. The minimum atomic E-state index is -1.02. The Morgan fingerprint density at radius 1 is 0.491 bits per heavy atom. The zero-order valence-electron chi connectivity index (χ0n) is 34.6. The predicted octanol–water partition coefficient (Wildman–Crippen LogP) is 13.8. The topological polar surface area (TPSA) is 92.7 Å². The summed E-state index contributed by atoms with van der Waals surface area (Å²) < 4.78 is 6.01. The van der Waals surface area contributed by atoms with Crippen LogP contribution in [0.25, 0.3) is 0 Å². The molecule has 0 radical (unpaired) electrons. The zero-order chi connectivity index (χ0) is 38.7. The number of unbranched alkanes of at least 4 members (excludes halogenated alkanes) is 21. The van der Waals surface area contributed by atoms with Crippen molar-refractivity contribution in [1.29, 1.82) is 0 Å². The minimum absolute atomic E-state index is 0.0223. The van der Waals surface area contributed by atoms with Crippen molar-refractivity contribution in [2.45, 2.75) is 225 Å². The number of esters is 1. The molecule has 0 saturated carbocycles. The molecule has 0 heterocycles. The second-order valence-corrected chi connectivity index (χ2v) is 14.9. The van der Waals surface area contributed by atoms with Gasteiger partial charge in [-0.3, -0.25) is 14.4 Å². The molecule has 53 heavy (non-hydrogen) atoms. The molecule has 0 aromatic heterocycles. The highest BCUT2D eigenvalue weighted by molar-refractivity contribution is 5.80. The first-order valence-corrected chi connectivity index (χ1v) is 22.3. The quantitative estimate of drug-likeness (QED) is 0.0370. The number of carbonyl (C=O) groups is 3. The molecule has 0 saturated heterocycles. The molecule has 0 spiro atoms. The lowest BCUT2D eigenvalue weighted by Gasteiger charge is -2.18. The second kappa shape index (κ2) is 42.1. The van der Waals surface area contributed by atoms with Crippen LogP contribution in [-0.4, -0.2) is 35.6 Å². The highest BCUT2D eigenvalue weighted by Gasteiger charge is 2.14. The van der Waals surface area contributed by atoms with Crippen LogP contribution in [0.2, 0.25) is 0 Å². The molecule has 0 aromatic carbocycles. The Morgan fingerprint density at radius 2 is 0.887 bits per heavy atom. The standard InChI is InChI=1S/C47H83NO5/c1-3-5-7-9-11-13-15-17-18-19-20-21-23-25-27-29-34-38-42-47(52)53-44(40-36-32-30-33-37-41-45(49)48-43-46(50)51)39-35-31-28-26-24-22-16-14-12-10-8-6-4-2/h13,15-16,18-19,22,26,28,44H,3-12,14,17,20-21,23-25,27,29-43H2,1-2H3,(H,48,49)(H,50,51)/b15-13-,19-18-,22-16-,28-26-. The summed E-state index contributed by atoms with van der Waals surface area (Å²) in [4.78, 5) is 35.1. The summed E-state index contributed by atoms with van der Waals surface area (Å²) in [5.41, 5.74) is 0. The molecule has 1 unspecified atom stereocenters. The largest absolute Gasteiger partial charge is 0.480 e. The molecule has 0 bridgehead atoms. The van der Waals surface area contributed by atoms with Gasteiger partial charge >= 0.3 is 11.9 Å². The summed E-state index contributed by atoms with van der Waals surface area (Å²) in [6.45, 7) is 4.20. The van der Waals surface area contributed by atoms with Gasteiger partial charge in [0, 0.05) is 12.8 Å². The van der Waals surface area contributed by atoms with Gasteiger partial charge in [0.15, 0.2) is 0 Å². The summed E-state index contributed by atoms with van der Waals surface area (Å²) in [6.07, 6.45) is 53.8. The molecule has 1 atom stereocenters. The fraction of sp³-hybridized carbons (Fsp3) is 0.766. The molecule has 2 N–H and O–H groups in total. The summed E-state index contributed by atoms with van der Waals surface area (Å²) in [5.74, 6) is -1.27. The maximum absolute atomic E-state index is 12.8. The maximum atomic E-state index is 12.8. The Bertz CT molecular complexity index is 953. The lowest BCUT2D eigenvalue weighted by Crippen LogP contribution is -2.28. The lowest BCUT2D eigenvalue weighted by molar-refractivity contribution is -0.150. The van der Waals surface area contributed by atoms with Crippen molar-refractivity contribution in [3.05, 3.63) is 48.6 Å². The predicted molar refractivity (Wildman–Crippen MR) is 226 cm³/mol. The monoisotopic (exact) mass is 742 g/mol. The number of amides is 1. The van der Waals surface area contributed by atoms with Gasteiger partial charge in [0.1, 0.15) is 12.6 Å². The van der Waals surface area contributed by atoms with E-state index in [2.05, 4.69) is 67.8 Å². The van der Waals surface area contributed by atoms with E-state index in [0.717, 1.165) is 83.5 Å². The van der Waals surface area contributed by atoms with Crippen molar-refractivity contribution in [2.75, 3.05) is 6.54 Å². The molecule has 0 aliphatic rings. The van der Waals surface area contributed by atoms with Crippen molar-refractivity contribution < 1.29 is 24.2 Å². The molecule has 306 valence electrons. The van der Waals surface area contributed by atoms with Gasteiger partial charge in [-0.15, -0.1) is 0 Å². The van der Waals surface area contributed by atoms with Crippen molar-refractivity contribution in [1.82, 2.24) is 5.32 Å². The van der Waals surface area contributed by atoms with Crippen LogP contribution in [0.5, 0.6) is 0 Å². The van der Waals surface area contributed by atoms with Gasteiger partial charge in [-0.05, 0) is 96.3 Å². The van der Waals surface area contributed by atoms with Crippen LogP contribution in [-0.2, 0) is 19.1 Å². The van der Waals surface area contributed by atoms with E-state index in [1.807, 2.05) is 0 Å². The molecule has 0 aliphatic carbocycles. The summed E-state index contributed by atoms with van der Waals surface area (Å²) in [6, 6.07) is 0. The number of rotatable bonds is 40. The molecule has 0 aliphatic heterocycles. The lowest BCUT2D eigenvalue weighted by atomic mass is 10.0. The van der Waals surface area contributed by atoms with Crippen LogP contribution in [0.3, 0.4) is 0 Å². The Morgan fingerprint density at radius 3 is 1.40 bits per heavy atom. The third-order valence-electron chi connectivity index (χ3n) is 9.72. The Hall–Kier alpha value is -2.63. The number of aliphatic carboxylic acids is 1. The van der Waals surface area contributed by atoms with Gasteiger partial charge < -0.3 is 15.2 Å². The van der Waals surface area contributed by atoms with Crippen molar-refractivity contribution in [3.63, 3.8) is 0 Å². The van der Waals surface area contributed by atoms with Crippen LogP contribution in [0.15, 0.2) is 48.6 Å². The van der Waals surface area contributed by atoms with E-state index in [-0.39, 0.29) is 24.5 Å². The van der Waals surface area contributed by atoms with Crippen molar-refractivity contribution >= 4 is 17.8 Å². The maximum Gasteiger partial charge on any atom is 0.322 e. The fourth-order valence-corrected chi connectivity index (χ4v) is 6.40. The third-order valence-corrected chi connectivity index (χ3v) is 9.72. The van der Waals surface area contributed by atoms with Crippen LogP contribution < -0.4 is 5.32 Å². The Kier molecular flexibility index (Phi) is 40.0. The first kappa shape index (κ1) is 50.4. The number of carbonyl (C=O) groups excluding carboxylic acids is 2. The molecule has 0 fully saturated rings. The first-order chi connectivity index (χ1) is 26.0. The number of allylic oxidation sites excluding steroid dienone is 8. The van der Waals surface area contributed by atoms with Crippen LogP contribution in [0.1, 0.15) is 219 Å². The van der Waals surface area contributed by atoms with E-state index in [1.54, 1.807) is 0 Å². The average Bonchev–Trinajstić information content (AvgIpc) is 3.14. The second-order valence-electron chi connectivity index (χ2n) is 14.9. The molecular formula is C47H83NO5. The van der Waals surface area contributed by atoms with Gasteiger partial charge in [0.05, 0.1) is 0 Å². The average molecular weight is 742 g/mol. The van der Waals surface area contributed by atoms with Gasteiger partial charge in [0.2, 0.25) is 5.91 Å². The van der Waals surface area contributed by atoms with Gasteiger partial charge in [-0.1, -0.05) is 159 Å². The Labute approximate surface area is 327 Å². The van der Waals surface area contributed by atoms with E-state index < -0.39 is 5.97 Å². The SMILES string of the molecule is CCCCCC/C=C\C/C=C\CCCCCCCCCC(=O)OC(CCC/C=C\C/C=C\CCCCCCC)CCCCCCCC(=O)NCC(=O)O. The number of hydrogen-bond acceptors (Lipinski definition) is 4. The van der Waals surface area contributed by atoms with Crippen molar-refractivity contribution in [2.24, 2.45) is 0 Å². The van der Waals surface area contributed by atoms with Gasteiger partial charge in [-0.25, -0.2) is 0 Å². The summed E-state index contributed by atoms with van der Waals surface area (Å²) in [7, 11) is 0. The smallest absolute Gasteiger partial charge is 0.322 e. The first-order valence-electron chi connectivity index (χ1n) is 22.3. The molecule has 6 heteroatoms. The molecule has 1 amide bonds. The van der Waals surface area contributed by atoms with E-state index in [1.165, 1.54) is 109 Å².